The van der Waals surface area contributed by atoms with Crippen LogP contribution in [0.25, 0.3) is 0 Å². The van der Waals surface area contributed by atoms with Gasteiger partial charge in [-0.2, -0.15) is 21.3 Å². The lowest BCUT2D eigenvalue weighted by Gasteiger charge is -2.37. The van der Waals surface area contributed by atoms with Gasteiger partial charge >= 0.3 is 6.03 Å². The predicted octanol–water partition coefficient (Wildman–Crippen LogP) is 0.442. The van der Waals surface area contributed by atoms with E-state index in [1.165, 1.54) is 44.2 Å². The maximum Gasteiger partial charge on any atom is 0.321 e. The van der Waals surface area contributed by atoms with Gasteiger partial charge in [-0.15, -0.1) is 0 Å². The molecule has 1 aromatic rings. The molecule has 0 atom stereocenters. The number of carbonyl (C=O) groups excluding carboxylic acids is 1. The molecule has 0 spiro atoms. The van der Waals surface area contributed by atoms with E-state index in [0.29, 0.717) is 32.0 Å². The summed E-state index contributed by atoms with van der Waals surface area (Å²) in [5, 5.41) is 2.74. The number of hydrogen-bond donors (Lipinski definition) is 1. The van der Waals surface area contributed by atoms with Crippen LogP contribution in [-0.4, -0.2) is 106 Å². The summed E-state index contributed by atoms with van der Waals surface area (Å²) >= 11 is 0. The van der Waals surface area contributed by atoms with Crippen molar-refractivity contribution >= 4 is 32.0 Å². The fourth-order valence-electron chi connectivity index (χ4n) is 3.42. The number of nitrogens with one attached hydrogen (secondary N) is 1. The number of ether oxygens (including phenoxy) is 1. The summed E-state index contributed by atoms with van der Waals surface area (Å²) in [6, 6.07) is 5.46. The molecular formula is C19H31N5O6S2. The zero-order valence-corrected chi connectivity index (χ0v) is 20.2. The number of hydrogen-bond acceptors (Lipinski definition) is 6. The lowest BCUT2D eigenvalue weighted by Crippen LogP contribution is -2.56. The van der Waals surface area contributed by atoms with Crippen LogP contribution in [-0.2, 0) is 25.0 Å². The van der Waals surface area contributed by atoms with E-state index in [2.05, 4.69) is 5.32 Å². The number of morpholine rings is 1. The molecule has 2 aliphatic heterocycles. The molecule has 32 heavy (non-hydrogen) atoms. The monoisotopic (exact) mass is 489 g/mol. The number of piperazine rings is 1. The minimum absolute atomic E-state index is 0.147. The van der Waals surface area contributed by atoms with Crippen molar-refractivity contribution in [2.24, 2.45) is 0 Å². The molecule has 1 aromatic carbocycles. The van der Waals surface area contributed by atoms with Gasteiger partial charge in [0.2, 0.25) is 10.0 Å². The highest BCUT2D eigenvalue weighted by Gasteiger charge is 2.34. The largest absolute Gasteiger partial charge is 0.379 e. The van der Waals surface area contributed by atoms with Gasteiger partial charge in [-0.25, -0.2) is 13.2 Å². The number of amides is 2. The molecule has 2 saturated heterocycles. The molecule has 1 N–H and O–H groups in total. The summed E-state index contributed by atoms with van der Waals surface area (Å²) < 4.78 is 59.9. The molecule has 0 saturated carbocycles. The Labute approximate surface area is 190 Å². The first-order valence-corrected chi connectivity index (χ1v) is 13.3. The van der Waals surface area contributed by atoms with Crippen LogP contribution in [0.2, 0.25) is 0 Å². The van der Waals surface area contributed by atoms with Crippen LogP contribution in [0, 0.1) is 0 Å². The number of anilines is 1. The lowest BCUT2D eigenvalue weighted by molar-refractivity contribution is 0.0691. The van der Waals surface area contributed by atoms with Crippen molar-refractivity contribution in [3.63, 3.8) is 0 Å². The molecular weight excluding hydrogens is 458 g/mol. The number of urea groups is 1. The number of sulfonamides is 1. The molecule has 0 bridgehead atoms. The van der Waals surface area contributed by atoms with Crippen LogP contribution in [0.3, 0.4) is 0 Å². The van der Waals surface area contributed by atoms with Crippen molar-refractivity contribution in [3.8, 4) is 0 Å². The van der Waals surface area contributed by atoms with E-state index < -0.39 is 20.2 Å². The number of carbonyl (C=O) groups is 1. The number of benzene rings is 1. The topological polar surface area (TPSA) is 120 Å². The quantitative estimate of drug-likeness (QED) is 0.619. The Kier molecular flexibility index (Phi) is 7.78. The molecule has 0 radical (unpaired) electrons. The number of rotatable bonds is 6. The molecule has 2 fully saturated rings. The summed E-state index contributed by atoms with van der Waals surface area (Å²) in [5.74, 6) is 0. The molecule has 2 heterocycles. The van der Waals surface area contributed by atoms with Crippen LogP contribution in [0.1, 0.15) is 13.8 Å². The Morgan fingerprint density at radius 3 is 2.00 bits per heavy atom. The first-order valence-electron chi connectivity index (χ1n) is 10.5. The SMILES string of the molecule is CC(C)N(C)S(=O)(=O)c1ccc(NC(=O)N2CCN(S(=O)(=O)N3CCOCC3)CC2)cc1. The van der Waals surface area contributed by atoms with Crippen LogP contribution >= 0.6 is 0 Å². The van der Waals surface area contributed by atoms with E-state index in [0.717, 1.165) is 0 Å². The molecule has 11 nitrogen and oxygen atoms in total. The lowest BCUT2D eigenvalue weighted by atomic mass is 10.3. The Morgan fingerprint density at radius 2 is 1.47 bits per heavy atom. The smallest absolute Gasteiger partial charge is 0.321 e. The summed E-state index contributed by atoms with van der Waals surface area (Å²) in [6.45, 7) is 5.98. The predicted molar refractivity (Wildman–Crippen MR) is 120 cm³/mol. The molecule has 180 valence electrons. The molecule has 0 aromatic heterocycles. The van der Waals surface area contributed by atoms with Crippen molar-refractivity contribution in [2.45, 2.75) is 24.8 Å². The fourth-order valence-corrected chi connectivity index (χ4v) is 6.35. The molecule has 13 heteroatoms. The van der Waals surface area contributed by atoms with E-state index in [1.54, 1.807) is 18.7 Å². The Balaban J connectivity index is 1.56. The normalized spacial score (nSPS) is 19.5. The minimum Gasteiger partial charge on any atom is -0.379 e. The average molecular weight is 490 g/mol. The van der Waals surface area contributed by atoms with Gasteiger partial charge in [0, 0.05) is 58.0 Å². The highest BCUT2D eigenvalue weighted by atomic mass is 32.2. The van der Waals surface area contributed by atoms with Gasteiger partial charge in [-0.1, -0.05) is 0 Å². The van der Waals surface area contributed by atoms with Crippen molar-refractivity contribution in [1.29, 1.82) is 0 Å². The van der Waals surface area contributed by atoms with E-state index in [9.17, 15) is 21.6 Å². The second-order valence-electron chi connectivity index (χ2n) is 7.97. The van der Waals surface area contributed by atoms with Gasteiger partial charge in [-0.05, 0) is 38.1 Å². The van der Waals surface area contributed by atoms with Gasteiger partial charge in [0.15, 0.2) is 0 Å². The van der Waals surface area contributed by atoms with Crippen LogP contribution in [0.15, 0.2) is 29.2 Å². The van der Waals surface area contributed by atoms with Gasteiger partial charge < -0.3 is 15.0 Å². The van der Waals surface area contributed by atoms with Gasteiger partial charge in [-0.3, -0.25) is 0 Å². The zero-order chi connectivity index (χ0) is 23.5. The third kappa shape index (κ3) is 5.41. The fraction of sp³-hybridized carbons (Fsp3) is 0.632. The van der Waals surface area contributed by atoms with Crippen molar-refractivity contribution in [1.82, 2.24) is 17.8 Å². The first kappa shape index (κ1) is 24.9. The third-order valence-corrected chi connectivity index (χ3v) is 9.74. The third-order valence-electron chi connectivity index (χ3n) is 5.66. The maximum absolute atomic E-state index is 12.7. The Morgan fingerprint density at radius 1 is 0.938 bits per heavy atom. The molecule has 0 unspecified atom stereocenters. The summed E-state index contributed by atoms with van der Waals surface area (Å²) in [6.07, 6.45) is 0. The Bertz CT molecular complexity index is 999. The van der Waals surface area contributed by atoms with Crippen molar-refractivity contribution in [2.75, 3.05) is 64.8 Å². The molecule has 2 aliphatic rings. The second-order valence-corrected chi connectivity index (χ2v) is 11.9. The van der Waals surface area contributed by atoms with Crippen molar-refractivity contribution < 1.29 is 26.4 Å². The van der Waals surface area contributed by atoms with Crippen molar-refractivity contribution in [3.05, 3.63) is 24.3 Å². The van der Waals surface area contributed by atoms with E-state index in [4.69, 9.17) is 4.74 Å². The van der Waals surface area contributed by atoms with E-state index in [1.807, 2.05) is 0 Å². The van der Waals surface area contributed by atoms with Gasteiger partial charge in [0.05, 0.1) is 18.1 Å². The molecule has 0 aliphatic carbocycles. The van der Waals surface area contributed by atoms with E-state index in [-0.39, 0.29) is 43.1 Å². The van der Waals surface area contributed by atoms with Crippen LogP contribution < -0.4 is 5.32 Å². The van der Waals surface area contributed by atoms with Crippen LogP contribution in [0.5, 0.6) is 0 Å². The average Bonchev–Trinajstić information content (AvgIpc) is 2.79. The van der Waals surface area contributed by atoms with Gasteiger partial charge in [0.25, 0.3) is 10.2 Å². The zero-order valence-electron chi connectivity index (χ0n) is 18.6. The Hall–Kier alpha value is -1.77. The highest BCUT2D eigenvalue weighted by Crippen LogP contribution is 2.20. The summed E-state index contributed by atoms with van der Waals surface area (Å²) in [4.78, 5) is 14.3. The van der Waals surface area contributed by atoms with Crippen LogP contribution in [0.4, 0.5) is 10.5 Å². The summed E-state index contributed by atoms with van der Waals surface area (Å²) in [7, 11) is -5.63. The minimum atomic E-state index is -3.60. The number of nitrogens with zero attached hydrogens (tertiary/aromatic N) is 4. The molecule has 3 rings (SSSR count). The molecule has 2 amide bonds. The van der Waals surface area contributed by atoms with E-state index >= 15 is 0 Å². The first-order chi connectivity index (χ1) is 15.0. The highest BCUT2D eigenvalue weighted by molar-refractivity contribution is 7.89. The standard InChI is InChI=1S/C19H31N5O6S2/c1-16(2)21(3)31(26,27)18-6-4-17(5-7-18)20-19(25)22-8-10-23(11-9-22)32(28,29)24-12-14-30-15-13-24/h4-7,16H,8-15H2,1-3H3,(H,20,25). The summed E-state index contributed by atoms with van der Waals surface area (Å²) in [5.41, 5.74) is 0.463. The van der Waals surface area contributed by atoms with Gasteiger partial charge in [0.1, 0.15) is 0 Å². The maximum atomic E-state index is 12.7. The second kappa shape index (κ2) is 10.0.